The molecule has 3 N–H and O–H groups in total. The van der Waals surface area contributed by atoms with Crippen molar-refractivity contribution in [1.29, 1.82) is 0 Å². The van der Waals surface area contributed by atoms with E-state index < -0.39 is 0 Å². The van der Waals surface area contributed by atoms with Gasteiger partial charge in [0.05, 0.1) is 16.9 Å². The van der Waals surface area contributed by atoms with E-state index in [1.165, 1.54) is 0 Å². The number of aromatic nitrogens is 2. The van der Waals surface area contributed by atoms with Crippen LogP contribution in [0.25, 0.3) is 10.9 Å². The van der Waals surface area contributed by atoms with Crippen molar-refractivity contribution in [2.75, 3.05) is 13.1 Å². The predicted molar refractivity (Wildman–Crippen MR) is 128 cm³/mol. The SMILES string of the molecule is C[C@H](CC(=O)N(CCCCCCN)[C@H](C)c1nc2ccccc2c(=O)[nH]1)CC(C)(C)C. The summed E-state index contributed by atoms with van der Waals surface area (Å²) in [5, 5.41) is 0.567. The minimum Gasteiger partial charge on any atom is -0.333 e. The second-order valence-electron chi connectivity index (χ2n) is 10.0. The highest BCUT2D eigenvalue weighted by molar-refractivity contribution is 5.78. The molecule has 0 saturated heterocycles. The Balaban J connectivity index is 2.21. The van der Waals surface area contributed by atoms with Crippen molar-refractivity contribution in [2.45, 2.75) is 79.2 Å². The summed E-state index contributed by atoms with van der Waals surface area (Å²) in [6.45, 7) is 12.1. The highest BCUT2D eigenvalue weighted by Crippen LogP contribution is 2.28. The normalized spacial score (nSPS) is 13.9. The molecule has 0 aliphatic rings. The van der Waals surface area contributed by atoms with E-state index in [4.69, 9.17) is 5.73 Å². The zero-order chi connectivity index (χ0) is 23.0. The summed E-state index contributed by atoms with van der Waals surface area (Å²) in [5.41, 5.74) is 6.28. The quantitative estimate of drug-likeness (QED) is 0.503. The number of H-pyrrole nitrogens is 1. The molecule has 0 spiro atoms. The first kappa shape index (κ1) is 25.1. The van der Waals surface area contributed by atoms with E-state index in [2.05, 4.69) is 37.7 Å². The van der Waals surface area contributed by atoms with Crippen molar-refractivity contribution >= 4 is 16.8 Å². The number of carbonyl (C=O) groups is 1. The molecule has 2 aromatic rings. The molecule has 1 aromatic carbocycles. The molecule has 2 rings (SSSR count). The molecule has 31 heavy (non-hydrogen) atoms. The number of para-hydroxylation sites is 1. The highest BCUT2D eigenvalue weighted by atomic mass is 16.2. The van der Waals surface area contributed by atoms with Gasteiger partial charge in [-0.05, 0) is 56.2 Å². The Kier molecular flexibility index (Phi) is 9.23. The van der Waals surface area contributed by atoms with Crippen molar-refractivity contribution in [3.63, 3.8) is 0 Å². The van der Waals surface area contributed by atoms with Crippen molar-refractivity contribution in [3.05, 3.63) is 40.4 Å². The number of aromatic amines is 1. The van der Waals surface area contributed by atoms with Crippen molar-refractivity contribution in [1.82, 2.24) is 14.9 Å². The van der Waals surface area contributed by atoms with E-state index >= 15 is 0 Å². The van der Waals surface area contributed by atoms with Gasteiger partial charge in [-0.15, -0.1) is 0 Å². The number of carbonyl (C=O) groups excluding carboxylic acids is 1. The minimum atomic E-state index is -0.291. The van der Waals surface area contributed by atoms with E-state index in [0.29, 0.717) is 42.2 Å². The fourth-order valence-electron chi connectivity index (χ4n) is 4.30. The molecule has 0 unspecified atom stereocenters. The number of unbranched alkanes of at least 4 members (excludes halogenated alkanes) is 3. The monoisotopic (exact) mass is 428 g/mol. The fraction of sp³-hybridized carbons (Fsp3) is 0.640. The first-order valence-electron chi connectivity index (χ1n) is 11.6. The van der Waals surface area contributed by atoms with Crippen LogP contribution in [0.2, 0.25) is 0 Å². The lowest BCUT2D eigenvalue weighted by Crippen LogP contribution is -2.37. The predicted octanol–water partition coefficient (Wildman–Crippen LogP) is 4.79. The molecule has 0 bridgehead atoms. The van der Waals surface area contributed by atoms with Gasteiger partial charge in [0, 0.05) is 13.0 Å². The van der Waals surface area contributed by atoms with Crippen LogP contribution in [0.4, 0.5) is 0 Å². The number of hydrogen-bond donors (Lipinski definition) is 2. The van der Waals surface area contributed by atoms with Crippen molar-refractivity contribution in [3.8, 4) is 0 Å². The summed E-state index contributed by atoms with van der Waals surface area (Å²) < 4.78 is 0. The molecule has 1 heterocycles. The van der Waals surface area contributed by atoms with Crippen LogP contribution < -0.4 is 11.3 Å². The van der Waals surface area contributed by atoms with Gasteiger partial charge in [-0.3, -0.25) is 9.59 Å². The van der Waals surface area contributed by atoms with Gasteiger partial charge >= 0.3 is 0 Å². The van der Waals surface area contributed by atoms with Crippen LogP contribution in [0.15, 0.2) is 29.1 Å². The minimum absolute atomic E-state index is 0.124. The van der Waals surface area contributed by atoms with Crippen molar-refractivity contribution in [2.24, 2.45) is 17.1 Å². The summed E-state index contributed by atoms with van der Waals surface area (Å²) in [6.07, 6.45) is 5.52. The van der Waals surface area contributed by atoms with E-state index in [9.17, 15) is 9.59 Å². The third-order valence-corrected chi connectivity index (χ3v) is 5.65. The average Bonchev–Trinajstić information content (AvgIpc) is 2.68. The first-order valence-corrected chi connectivity index (χ1v) is 11.6. The third-order valence-electron chi connectivity index (χ3n) is 5.65. The average molecular weight is 429 g/mol. The number of amides is 1. The standard InChI is InChI=1S/C25H40N4O2/c1-18(17-25(3,4)5)16-22(30)29(15-11-7-6-10-14-26)19(2)23-27-21-13-9-8-12-20(21)24(31)28-23/h8-9,12-13,18-19H,6-7,10-11,14-17,26H2,1-5H3,(H,27,28,31)/t18-,19-/m1/s1. The number of nitrogens with two attached hydrogens (primary N) is 1. The zero-order valence-corrected chi connectivity index (χ0v) is 19.9. The van der Waals surface area contributed by atoms with Crippen LogP contribution in [-0.4, -0.2) is 33.9 Å². The van der Waals surface area contributed by atoms with Gasteiger partial charge in [0.1, 0.15) is 5.82 Å². The molecule has 0 radical (unpaired) electrons. The summed E-state index contributed by atoms with van der Waals surface area (Å²) in [4.78, 5) is 35.3. The van der Waals surface area contributed by atoms with Crippen LogP contribution in [0.5, 0.6) is 0 Å². The lowest BCUT2D eigenvalue weighted by atomic mass is 9.84. The molecule has 6 heteroatoms. The van der Waals surface area contributed by atoms with Gasteiger partial charge in [0.2, 0.25) is 5.91 Å². The number of fused-ring (bicyclic) bond motifs is 1. The molecule has 0 aliphatic heterocycles. The van der Waals surface area contributed by atoms with Crippen LogP contribution in [0.1, 0.15) is 85.0 Å². The van der Waals surface area contributed by atoms with Gasteiger partial charge in [-0.2, -0.15) is 0 Å². The number of nitrogens with zero attached hydrogens (tertiary/aromatic N) is 2. The summed E-state index contributed by atoms with van der Waals surface area (Å²) in [7, 11) is 0. The molecule has 2 atom stereocenters. The largest absolute Gasteiger partial charge is 0.333 e. The van der Waals surface area contributed by atoms with E-state index in [1.807, 2.05) is 30.0 Å². The maximum Gasteiger partial charge on any atom is 0.258 e. The van der Waals surface area contributed by atoms with Gasteiger partial charge in [-0.1, -0.05) is 52.7 Å². The number of rotatable bonds is 11. The molecular formula is C25H40N4O2. The Morgan fingerprint density at radius 3 is 2.48 bits per heavy atom. The fourth-order valence-corrected chi connectivity index (χ4v) is 4.30. The Morgan fingerprint density at radius 1 is 1.13 bits per heavy atom. The van der Waals surface area contributed by atoms with E-state index in [0.717, 1.165) is 32.1 Å². The van der Waals surface area contributed by atoms with E-state index in [-0.39, 0.29) is 22.9 Å². The maximum atomic E-state index is 13.3. The van der Waals surface area contributed by atoms with Gasteiger partial charge in [0.15, 0.2) is 0 Å². The van der Waals surface area contributed by atoms with Crippen LogP contribution >= 0.6 is 0 Å². The summed E-state index contributed by atoms with van der Waals surface area (Å²) >= 11 is 0. The molecule has 172 valence electrons. The summed E-state index contributed by atoms with van der Waals surface area (Å²) in [6, 6.07) is 7.02. The van der Waals surface area contributed by atoms with Crippen LogP contribution in [0.3, 0.4) is 0 Å². The second-order valence-corrected chi connectivity index (χ2v) is 10.0. The Hall–Kier alpha value is -2.21. The molecule has 0 saturated carbocycles. The lowest BCUT2D eigenvalue weighted by molar-refractivity contribution is -0.134. The molecule has 0 fully saturated rings. The van der Waals surface area contributed by atoms with E-state index in [1.54, 1.807) is 6.07 Å². The first-order chi connectivity index (χ1) is 14.6. The lowest BCUT2D eigenvalue weighted by Gasteiger charge is -2.31. The number of hydrogen-bond acceptors (Lipinski definition) is 4. The molecule has 0 aliphatic carbocycles. The highest BCUT2D eigenvalue weighted by Gasteiger charge is 2.26. The molecule has 6 nitrogen and oxygen atoms in total. The molecule has 1 aromatic heterocycles. The van der Waals surface area contributed by atoms with Crippen molar-refractivity contribution < 1.29 is 4.79 Å². The maximum absolute atomic E-state index is 13.3. The van der Waals surface area contributed by atoms with Gasteiger partial charge in [0.25, 0.3) is 5.56 Å². The zero-order valence-electron chi connectivity index (χ0n) is 19.9. The molecule has 1 amide bonds. The van der Waals surface area contributed by atoms with Gasteiger partial charge < -0.3 is 15.6 Å². The smallest absolute Gasteiger partial charge is 0.258 e. The topological polar surface area (TPSA) is 92.1 Å². The number of benzene rings is 1. The Bertz CT molecular complexity index is 900. The molecular weight excluding hydrogens is 388 g/mol. The second kappa shape index (κ2) is 11.4. The van der Waals surface area contributed by atoms with Gasteiger partial charge in [-0.25, -0.2) is 4.98 Å². The summed E-state index contributed by atoms with van der Waals surface area (Å²) in [5.74, 6) is 0.962. The number of nitrogens with one attached hydrogen (secondary N) is 1. The third kappa shape index (κ3) is 7.76. The Labute approximate surface area is 186 Å². The van der Waals surface area contributed by atoms with Crippen LogP contribution in [0, 0.1) is 11.3 Å². The Morgan fingerprint density at radius 2 is 1.81 bits per heavy atom. The van der Waals surface area contributed by atoms with Crippen LogP contribution in [-0.2, 0) is 4.79 Å².